The topological polar surface area (TPSA) is 52.0 Å². The van der Waals surface area contributed by atoms with Crippen LogP contribution in [0, 0.1) is 0 Å². The molecule has 17 heavy (non-hydrogen) atoms. The van der Waals surface area contributed by atoms with Gasteiger partial charge in [-0.3, -0.25) is 0 Å². The van der Waals surface area contributed by atoms with Gasteiger partial charge < -0.3 is 61.2 Å². The van der Waals surface area contributed by atoms with E-state index in [0.29, 0.717) is 0 Å². The molecule has 1 atom stereocenters. The average molecular weight is 419 g/mol. The summed E-state index contributed by atoms with van der Waals surface area (Å²) in [5.74, 6) is 0. The van der Waals surface area contributed by atoms with Crippen LogP contribution in [0.1, 0.15) is 46.0 Å². The van der Waals surface area contributed by atoms with E-state index in [9.17, 15) is 0 Å². The Kier molecular flexibility index (Phi) is 26.4. The number of thiocarbonyl (C=S) groups is 2. The second-order valence-corrected chi connectivity index (χ2v) is 7.56. The van der Waals surface area contributed by atoms with Crippen LogP contribution in [0.4, 0.5) is 0 Å². The molecule has 0 bridgehead atoms. The van der Waals surface area contributed by atoms with Crippen LogP contribution in [-0.4, -0.2) is 31.7 Å². The molecule has 0 rings (SSSR count). The van der Waals surface area contributed by atoms with Crippen molar-refractivity contribution < 1.29 is 0 Å². The first-order valence-corrected chi connectivity index (χ1v) is 8.49. The van der Waals surface area contributed by atoms with Crippen LogP contribution in [0.2, 0.25) is 3.86 Å². The van der Waals surface area contributed by atoms with Crippen LogP contribution >= 0.6 is 24.4 Å². The van der Waals surface area contributed by atoms with Gasteiger partial charge in [0.1, 0.15) is 0 Å². The Hall–Kier alpha value is 1.04. The van der Waals surface area contributed by atoms with Crippen molar-refractivity contribution in [2.75, 3.05) is 0 Å². The summed E-state index contributed by atoms with van der Waals surface area (Å²) in [6.45, 7) is 4.55. The molecule has 0 aliphatic carbocycles. The maximum absolute atomic E-state index is 4.66. The van der Waals surface area contributed by atoms with Crippen LogP contribution in [0.5, 0.6) is 0 Å². The fourth-order valence-electron chi connectivity index (χ4n) is 0.834. The molecule has 2 nitrogen and oxygen atoms in total. The van der Waals surface area contributed by atoms with Gasteiger partial charge in [-0.15, -0.1) is 0 Å². The molecule has 0 heterocycles. The van der Waals surface area contributed by atoms with Gasteiger partial charge in [0.05, 0.1) is 0 Å². The second kappa shape index (κ2) is 19.4. The molecule has 0 aliphatic rings. The van der Waals surface area contributed by atoms with E-state index in [-0.39, 0.29) is 8.64 Å². The Morgan fingerprint density at radius 3 is 1.71 bits per heavy atom. The molecule has 0 aromatic heterocycles. The molecule has 1 unspecified atom stereocenters. The van der Waals surface area contributed by atoms with Crippen LogP contribution in [0.25, 0.3) is 0 Å². The first-order valence-electron chi connectivity index (χ1n) is 5.38. The summed E-state index contributed by atoms with van der Waals surface area (Å²) in [5, 5.41) is 0. The van der Waals surface area contributed by atoms with Crippen LogP contribution < -0.4 is 11.5 Å². The van der Waals surface area contributed by atoms with Crippen molar-refractivity contribution in [1.82, 2.24) is 0 Å². The molecule has 0 aromatic rings. The van der Waals surface area contributed by atoms with Crippen LogP contribution in [0.15, 0.2) is 0 Å². The van der Waals surface area contributed by atoms with E-state index in [1.807, 2.05) is 23.0 Å². The zero-order valence-corrected chi connectivity index (χ0v) is 16.2. The molecule has 4 N–H and O–H groups in total. The Morgan fingerprint density at radius 1 is 1.12 bits per heavy atom. The molecule has 100 valence electrons. The van der Waals surface area contributed by atoms with Gasteiger partial charge in [-0.1, -0.05) is 8.64 Å². The minimum Gasteiger partial charge on any atom is -0.415 e. The van der Waals surface area contributed by atoms with Crippen molar-refractivity contribution in [3.8, 4) is 0 Å². The minimum atomic E-state index is 0.0833. The summed E-state index contributed by atoms with van der Waals surface area (Å²) in [4.78, 5) is 0. The maximum Gasteiger partial charge on any atom is -0.0708 e. The zero-order chi connectivity index (χ0) is 14.3. The van der Waals surface area contributed by atoms with Crippen molar-refractivity contribution in [1.29, 1.82) is 0 Å². The van der Waals surface area contributed by atoms with E-state index in [2.05, 4.69) is 75.0 Å². The summed E-state index contributed by atoms with van der Waals surface area (Å²) in [7, 11) is 0. The third-order valence-corrected chi connectivity index (χ3v) is 3.39. The number of unbranched alkanes of at least 4 members (excludes halogenated alkanes) is 2. The summed E-state index contributed by atoms with van der Waals surface area (Å²) >= 11 is 18.5. The maximum atomic E-state index is 4.66. The fourth-order valence-corrected chi connectivity index (χ4v) is 1.36. The summed E-state index contributed by atoms with van der Waals surface area (Å²) in [6.07, 6.45) is 7.07. The van der Waals surface area contributed by atoms with Gasteiger partial charge in [0.15, 0.2) is 0 Å². The van der Waals surface area contributed by atoms with E-state index in [4.69, 9.17) is 0 Å². The molecule has 0 saturated carbocycles. The van der Waals surface area contributed by atoms with E-state index in [0.717, 1.165) is 3.86 Å². The van der Waals surface area contributed by atoms with Gasteiger partial charge in [0.25, 0.3) is 0 Å². The molecule has 7 heteroatoms. The molecule has 0 aromatic carbocycles. The normalized spacial score (nSPS) is 10.0. The Balaban J connectivity index is -0.000000205. The van der Waals surface area contributed by atoms with Gasteiger partial charge in [-0.2, -0.15) is 0 Å². The molecule has 0 fully saturated rings. The summed E-state index contributed by atoms with van der Waals surface area (Å²) in [6, 6.07) is 0. The number of nitrogens with two attached hydrogens (primary N) is 2. The molecule has 2 radical (unpaired) electrons. The molecule has 0 spiro atoms. The van der Waals surface area contributed by atoms with E-state index in [1.165, 1.54) is 32.1 Å². The van der Waals surface area contributed by atoms with Gasteiger partial charge >= 0.3 is 72.8 Å². The first-order chi connectivity index (χ1) is 7.77. The molecule has 0 saturated heterocycles. The Labute approximate surface area is 141 Å². The van der Waals surface area contributed by atoms with Crippen molar-refractivity contribution in [2.45, 2.75) is 49.8 Å². The van der Waals surface area contributed by atoms with Crippen LogP contribution in [-0.2, 0) is 25.3 Å². The number of hydrogen-bond donors (Lipinski definition) is 2. The predicted molar refractivity (Wildman–Crippen MR) is 92.2 cm³/mol. The third kappa shape index (κ3) is 59.6. The second-order valence-electron chi connectivity index (χ2n) is 3.20. The standard InChI is InChI=1S/C8H17.2CH3NS2.Sb/c1-3-5-7-8-6-4-2;2*2-1(3)4;/h5H,3-4,6-8H2,1-2H3;2*(H3,2,3,4);/q;;;+2/p-2. The van der Waals surface area contributed by atoms with Gasteiger partial charge in [0, 0.05) is 0 Å². The molecular formula is C10H21N2S4Sb. The zero-order valence-electron chi connectivity index (χ0n) is 10.3. The largest absolute Gasteiger partial charge is 0.415 e. The first kappa shape index (κ1) is 23.2. The number of hydrogen-bond acceptors (Lipinski definition) is 4. The minimum absolute atomic E-state index is 0.0833. The molecule has 0 aliphatic heterocycles. The van der Waals surface area contributed by atoms with E-state index < -0.39 is 0 Å². The summed E-state index contributed by atoms with van der Waals surface area (Å²) < 4.78 is 1.17. The Morgan fingerprint density at radius 2 is 1.47 bits per heavy atom. The van der Waals surface area contributed by atoms with Gasteiger partial charge in [-0.05, 0) is 0 Å². The smallest absolute Gasteiger partial charge is 0.0708 e. The van der Waals surface area contributed by atoms with Gasteiger partial charge in [-0.25, -0.2) is 0 Å². The monoisotopic (exact) mass is 418 g/mol. The van der Waals surface area contributed by atoms with E-state index >= 15 is 0 Å². The molecular weight excluding hydrogens is 398 g/mol. The quantitative estimate of drug-likeness (QED) is 0.309. The van der Waals surface area contributed by atoms with Crippen molar-refractivity contribution in [3.63, 3.8) is 0 Å². The SMILES string of the molecule is CCCCC[CH]([Sb+2])CC.NC(=S)[S-].NC(=S)[S-]. The molecule has 0 amide bonds. The van der Waals surface area contributed by atoms with E-state index in [1.54, 1.807) is 0 Å². The number of rotatable bonds is 5. The Bertz CT molecular complexity index is 171. The van der Waals surface area contributed by atoms with Crippen molar-refractivity contribution >= 4 is 81.4 Å². The van der Waals surface area contributed by atoms with Crippen LogP contribution in [0.3, 0.4) is 0 Å². The fraction of sp³-hybridized carbons (Fsp3) is 0.800. The van der Waals surface area contributed by atoms with Crippen molar-refractivity contribution in [2.24, 2.45) is 11.5 Å². The van der Waals surface area contributed by atoms with Crippen molar-refractivity contribution in [3.05, 3.63) is 0 Å². The third-order valence-electron chi connectivity index (χ3n) is 1.61. The predicted octanol–water partition coefficient (Wildman–Crippen LogP) is 2.49. The average Bonchev–Trinajstić information content (AvgIpc) is 2.16. The summed E-state index contributed by atoms with van der Waals surface area (Å²) in [5.41, 5.74) is 9.31. The van der Waals surface area contributed by atoms with Gasteiger partial charge in [0.2, 0.25) is 0 Å².